The summed E-state index contributed by atoms with van der Waals surface area (Å²) in [4.78, 5) is 0. The third kappa shape index (κ3) is 12.5. The Labute approximate surface area is 443 Å². The lowest BCUT2D eigenvalue weighted by Gasteiger charge is -2.37. The zero-order valence-corrected chi connectivity index (χ0v) is 52.2. The number of benzene rings is 3. The molecule has 2 heterocycles. The van der Waals surface area contributed by atoms with Crippen molar-refractivity contribution in [3.63, 3.8) is 0 Å². The van der Waals surface area contributed by atoms with Crippen LogP contribution in [-0.2, 0) is 53.3 Å². The van der Waals surface area contributed by atoms with Gasteiger partial charge < -0.3 is 25.2 Å². The molecule has 0 saturated heterocycles. The van der Waals surface area contributed by atoms with Crippen molar-refractivity contribution in [3.05, 3.63) is 121 Å². The van der Waals surface area contributed by atoms with Crippen LogP contribution in [0.15, 0.2) is 71.0 Å². The van der Waals surface area contributed by atoms with Gasteiger partial charge >= 0.3 is 31.5 Å². The van der Waals surface area contributed by atoms with Gasteiger partial charge in [-0.05, 0) is 71.2 Å². The van der Waals surface area contributed by atoms with Crippen LogP contribution in [0.25, 0.3) is 0 Å². The van der Waals surface area contributed by atoms with Crippen LogP contribution in [0.4, 0.5) is 0 Å². The second-order valence-corrected chi connectivity index (χ2v) is 33.6. The third-order valence-electron chi connectivity index (χ3n) is 14.6. The van der Waals surface area contributed by atoms with Crippen molar-refractivity contribution in [1.82, 2.24) is 0 Å². The van der Waals surface area contributed by atoms with E-state index in [1.54, 1.807) is 0 Å². The Kier molecular flexibility index (Phi) is 15.3. The predicted octanol–water partition coefficient (Wildman–Crippen LogP) is 19.0. The van der Waals surface area contributed by atoms with E-state index in [2.05, 4.69) is 229 Å². The number of hydrogen-bond donors (Lipinski definition) is 0. The maximum Gasteiger partial charge on any atom is 0.689 e. The Bertz CT molecular complexity index is 2720. The van der Waals surface area contributed by atoms with Gasteiger partial charge in [-0.15, -0.1) is 0 Å². The molecule has 72 heavy (non-hydrogen) atoms. The number of allylic oxidation sites excluding steroid dienone is 5. The van der Waals surface area contributed by atoms with Crippen molar-refractivity contribution in [2.24, 2.45) is 10.8 Å². The summed E-state index contributed by atoms with van der Waals surface area (Å²) < 4.78 is 72.4. The molecule has 6 rings (SSSR count). The van der Waals surface area contributed by atoms with Gasteiger partial charge in [0.05, 0.1) is 0 Å². The van der Waals surface area contributed by atoms with Crippen molar-refractivity contribution in [2.75, 3.05) is 0 Å². The van der Waals surface area contributed by atoms with Crippen LogP contribution in [0, 0.1) is 10.8 Å². The largest absolute Gasteiger partial charge is 0.689 e. The molecule has 2 unspecified atom stereocenters. The van der Waals surface area contributed by atoms with Crippen LogP contribution < -0.4 is 13.6 Å². The summed E-state index contributed by atoms with van der Waals surface area (Å²) in [5, 5.41) is 0. The number of phosphoric acid groups is 2. The smallest absolute Gasteiger partial charge is 0.401 e. The molecule has 0 aromatic heterocycles. The number of hydrogen-bond acceptors (Lipinski definition) is 8. The van der Waals surface area contributed by atoms with Crippen LogP contribution in [-0.4, -0.2) is 15.9 Å². The van der Waals surface area contributed by atoms with E-state index in [9.17, 15) is 0 Å². The Morgan fingerprint density at radius 2 is 0.764 bits per heavy atom. The van der Waals surface area contributed by atoms with Gasteiger partial charge in [0.1, 0.15) is 23.0 Å². The molecule has 11 heteroatoms. The highest BCUT2D eigenvalue weighted by Crippen LogP contribution is 2.63. The standard InChI is InChI=1S/C31H47O4P.C30H45O4P.Al/c1-19-23-15-20(28(2,3)4)14-21(29(5,6)7)18-26(23)34-36(32,33)35-27-24(19)16-22(30(8,9)10)17-25(27)31(11,12)13;1-18-21-14-19(27(2,3)4)16-23(29(8,9)10)25(21)33-35(31,32)34-26-22(18)15-20(28(5,6)7)17-24(26)30(11,12)13;/h14-17,19H,18H2,1-13H3,(H,32,33);14-18H,1-13H3,(H,31,32);/q;;+2/p-2. The van der Waals surface area contributed by atoms with Gasteiger partial charge in [-0.2, -0.15) is 0 Å². The molecule has 8 nitrogen and oxygen atoms in total. The summed E-state index contributed by atoms with van der Waals surface area (Å²) in [5.41, 5.74) is 9.44. The molecule has 0 amide bonds. The van der Waals surface area contributed by atoms with Gasteiger partial charge in [-0.1, -0.05) is 234 Å². The summed E-state index contributed by atoms with van der Waals surface area (Å²) in [5.74, 6) is 1.40. The first-order chi connectivity index (χ1) is 32.2. The van der Waals surface area contributed by atoms with E-state index < -0.39 is 47.8 Å². The monoisotopic (exact) mass is 1040 g/mol. The molecule has 1 aliphatic carbocycles. The van der Waals surface area contributed by atoms with Crippen molar-refractivity contribution in [3.8, 4) is 17.2 Å². The second kappa shape index (κ2) is 18.9. The molecule has 0 N–H and O–H groups in total. The van der Waals surface area contributed by atoms with E-state index >= 15 is 9.13 Å². The highest BCUT2D eigenvalue weighted by atomic mass is 31.2. The van der Waals surface area contributed by atoms with Gasteiger partial charge in [0, 0.05) is 51.6 Å². The van der Waals surface area contributed by atoms with Crippen LogP contribution >= 0.6 is 15.6 Å². The molecular weight excluding hydrogens is 950 g/mol. The first kappa shape index (κ1) is 58.3. The molecule has 3 aromatic carbocycles. The molecule has 0 saturated carbocycles. The average Bonchev–Trinajstić information content (AvgIpc) is 3.37. The summed E-state index contributed by atoms with van der Waals surface area (Å²) in [6, 6.07) is 13.1. The van der Waals surface area contributed by atoms with Crippen LogP contribution in [0.5, 0.6) is 17.2 Å². The van der Waals surface area contributed by atoms with E-state index in [1.165, 1.54) is 0 Å². The van der Waals surface area contributed by atoms with Gasteiger partial charge in [0.2, 0.25) is 0 Å². The Balaban J connectivity index is 1.59. The molecular formula is C61H90AlO8P2. The molecule has 2 aliphatic heterocycles. The highest BCUT2D eigenvalue weighted by molar-refractivity contribution is 7.52. The SMILES string of the molecule is CC1C2=C(CC(C(C)(C)C)=CC(C(C)(C)C)=C2)OP(=O)([O][Al][O]P2(=O)Oc3c(cc(C(C)(C)C)cc3C(C)(C)C)C(C)c3cc(C(C)(C)C)cc(C(C)(C)C)c3O2)Oc2c1cc(C(C)(C)C)cc2C(C)(C)C. The van der Waals surface area contributed by atoms with Crippen LogP contribution in [0.3, 0.4) is 0 Å². The van der Waals surface area contributed by atoms with Crippen molar-refractivity contribution < 1.29 is 34.4 Å². The highest BCUT2D eigenvalue weighted by Gasteiger charge is 2.46. The lowest BCUT2D eigenvalue weighted by molar-refractivity contribution is 0.228. The van der Waals surface area contributed by atoms with Crippen molar-refractivity contribution >= 4 is 31.5 Å². The van der Waals surface area contributed by atoms with Gasteiger partial charge in [-0.3, -0.25) is 0 Å². The van der Waals surface area contributed by atoms with Gasteiger partial charge in [0.25, 0.3) is 0 Å². The molecule has 2 atom stereocenters. The zero-order valence-electron chi connectivity index (χ0n) is 49.2. The van der Waals surface area contributed by atoms with E-state index in [0.29, 0.717) is 29.4 Å². The Morgan fingerprint density at radius 1 is 0.431 bits per heavy atom. The lowest BCUT2D eigenvalue weighted by atomic mass is 9.74. The summed E-state index contributed by atoms with van der Waals surface area (Å²) >= 11 is -1.88. The summed E-state index contributed by atoms with van der Waals surface area (Å²) in [7, 11) is -9.34. The quantitative estimate of drug-likeness (QED) is 0.189. The van der Waals surface area contributed by atoms with Crippen LogP contribution in [0.2, 0.25) is 0 Å². The second-order valence-electron chi connectivity index (χ2n) is 29.2. The maximum atomic E-state index is 16.0. The zero-order chi connectivity index (χ0) is 54.7. The summed E-state index contributed by atoms with van der Waals surface area (Å²) in [6.07, 6.45) is 4.89. The minimum atomic E-state index is -4.68. The topological polar surface area (TPSA) is 89.5 Å². The number of fused-ring (bicyclic) bond motifs is 3. The van der Waals surface area contributed by atoms with Crippen molar-refractivity contribution in [1.29, 1.82) is 0 Å². The molecule has 3 aromatic rings. The van der Waals surface area contributed by atoms with E-state index in [1.807, 2.05) is 0 Å². The van der Waals surface area contributed by atoms with Gasteiger partial charge in [0.15, 0.2) is 0 Å². The minimum Gasteiger partial charge on any atom is -0.401 e. The fourth-order valence-electron chi connectivity index (χ4n) is 9.42. The molecule has 0 bridgehead atoms. The first-order valence-electron chi connectivity index (χ1n) is 26.1. The van der Waals surface area contributed by atoms with E-state index in [-0.39, 0.29) is 38.9 Å². The molecule has 0 fully saturated rings. The van der Waals surface area contributed by atoms with E-state index in [4.69, 9.17) is 25.2 Å². The van der Waals surface area contributed by atoms with Gasteiger partial charge in [-0.25, -0.2) is 9.13 Å². The van der Waals surface area contributed by atoms with E-state index in [0.717, 1.165) is 66.8 Å². The number of rotatable bonds is 4. The molecule has 0 spiro atoms. The summed E-state index contributed by atoms with van der Waals surface area (Å²) in [6.45, 7) is 56.7. The molecule has 3 aliphatic rings. The first-order valence-corrected chi connectivity index (χ1v) is 30.0. The fraction of sp³-hybridized carbons (Fsp3) is 0.607. The maximum absolute atomic E-state index is 16.0. The lowest BCUT2D eigenvalue weighted by Crippen LogP contribution is -2.24. The minimum absolute atomic E-state index is 0.207. The Morgan fingerprint density at radius 3 is 1.07 bits per heavy atom. The Hall–Kier alpha value is -3.01. The average molecular weight is 1040 g/mol. The molecule has 395 valence electrons. The fourth-order valence-corrected chi connectivity index (χ4v) is 13.2. The predicted molar refractivity (Wildman–Crippen MR) is 300 cm³/mol. The number of phosphoric ester groups is 2. The van der Waals surface area contributed by atoms with Crippen LogP contribution in [0.1, 0.15) is 248 Å². The third-order valence-corrected chi connectivity index (χ3v) is 19.0. The molecule has 1 radical (unpaired) electrons. The van der Waals surface area contributed by atoms with Crippen molar-refractivity contribution in [2.45, 2.75) is 231 Å². The normalized spacial score (nSPS) is 22.6.